The molecule has 0 saturated heterocycles. The molecular formula is C28H24ClF3N4O2S. The Bertz CT molecular complexity index is 1480. The molecule has 6 nitrogen and oxygen atoms in total. The zero-order valence-corrected chi connectivity index (χ0v) is 22.5. The first-order valence-electron chi connectivity index (χ1n) is 11.8. The Labute approximate surface area is 232 Å². The van der Waals surface area contributed by atoms with E-state index in [1.807, 2.05) is 60.7 Å². The molecule has 0 bridgehead atoms. The minimum Gasteiger partial charge on any atom is -0.324 e. The summed E-state index contributed by atoms with van der Waals surface area (Å²) in [6, 6.07) is 21.6. The van der Waals surface area contributed by atoms with Crippen LogP contribution in [0, 0.1) is 0 Å². The summed E-state index contributed by atoms with van der Waals surface area (Å²) in [6.45, 7) is 2.95. The summed E-state index contributed by atoms with van der Waals surface area (Å²) in [5.74, 6) is -0.552. The smallest absolute Gasteiger partial charge is 0.324 e. The predicted octanol–water partition coefficient (Wildman–Crippen LogP) is 7.61. The van der Waals surface area contributed by atoms with E-state index in [1.54, 1.807) is 0 Å². The van der Waals surface area contributed by atoms with Gasteiger partial charge in [0, 0.05) is 22.5 Å². The number of hydrogen-bond acceptors (Lipinski definition) is 4. The highest BCUT2D eigenvalue weighted by Crippen LogP contribution is 2.36. The third-order valence-corrected chi connectivity index (χ3v) is 7.00. The third kappa shape index (κ3) is 7.15. The van der Waals surface area contributed by atoms with Crippen molar-refractivity contribution in [3.8, 4) is 11.3 Å². The van der Waals surface area contributed by atoms with Crippen LogP contribution in [0.5, 0.6) is 0 Å². The molecular weight excluding hydrogens is 549 g/mol. The molecule has 202 valence electrons. The largest absolute Gasteiger partial charge is 0.417 e. The lowest BCUT2D eigenvalue weighted by Crippen LogP contribution is -2.53. The molecule has 0 spiro atoms. The molecule has 0 saturated carbocycles. The van der Waals surface area contributed by atoms with Gasteiger partial charge in [-0.25, -0.2) is 9.78 Å². The van der Waals surface area contributed by atoms with Crippen molar-refractivity contribution in [1.82, 2.24) is 10.3 Å². The van der Waals surface area contributed by atoms with Crippen molar-refractivity contribution < 1.29 is 22.8 Å². The number of carbonyl (C=O) groups is 2. The Morgan fingerprint density at radius 2 is 1.56 bits per heavy atom. The van der Waals surface area contributed by atoms with Gasteiger partial charge >= 0.3 is 12.2 Å². The number of thiazole rings is 1. The normalized spacial score (nSPS) is 11.6. The molecule has 0 aliphatic rings. The molecule has 0 aliphatic heterocycles. The molecule has 3 N–H and O–H groups in total. The number of urea groups is 1. The fourth-order valence-electron chi connectivity index (χ4n) is 3.70. The van der Waals surface area contributed by atoms with Crippen molar-refractivity contribution in [3.63, 3.8) is 0 Å². The van der Waals surface area contributed by atoms with Gasteiger partial charge in [0.05, 0.1) is 16.3 Å². The Balaban J connectivity index is 1.48. The summed E-state index contributed by atoms with van der Waals surface area (Å²) < 4.78 is 39.4. The van der Waals surface area contributed by atoms with Crippen molar-refractivity contribution in [1.29, 1.82) is 0 Å². The van der Waals surface area contributed by atoms with Gasteiger partial charge in [0.15, 0.2) is 5.13 Å². The van der Waals surface area contributed by atoms with Crippen LogP contribution in [0.2, 0.25) is 5.02 Å². The van der Waals surface area contributed by atoms with Crippen LogP contribution in [0.1, 0.15) is 29.9 Å². The molecule has 3 amide bonds. The lowest BCUT2D eigenvalue weighted by molar-refractivity contribution is -0.137. The summed E-state index contributed by atoms with van der Waals surface area (Å²) >= 11 is 6.96. The summed E-state index contributed by atoms with van der Waals surface area (Å²) in [5, 5.41) is 7.44. The second-order valence-electron chi connectivity index (χ2n) is 9.17. The maximum Gasteiger partial charge on any atom is 0.417 e. The Kier molecular flexibility index (Phi) is 8.27. The standard InChI is InChI=1S/C28H24ClF3N4O2S/c1-27(2,36-25(38)33-19-13-14-21(29)20(16-19)28(30,31)32)24(37)35-26-34-23(18-11-7-4-8-12-18)22(39-26)15-17-9-5-3-6-10-17/h3-14,16H,15H2,1-2H3,(H2,33,36,38)(H,34,35,37). The number of rotatable bonds is 7. The van der Waals surface area contributed by atoms with Gasteiger partial charge in [0.1, 0.15) is 5.54 Å². The van der Waals surface area contributed by atoms with Crippen LogP contribution >= 0.6 is 22.9 Å². The molecule has 0 atom stereocenters. The van der Waals surface area contributed by atoms with E-state index >= 15 is 0 Å². The fraction of sp³-hybridized carbons (Fsp3) is 0.179. The summed E-state index contributed by atoms with van der Waals surface area (Å²) in [5.41, 5.74) is 0.0960. The number of amides is 3. The molecule has 0 fully saturated rings. The molecule has 1 aromatic heterocycles. The van der Waals surface area contributed by atoms with Crippen molar-refractivity contribution in [2.45, 2.75) is 32.0 Å². The van der Waals surface area contributed by atoms with E-state index in [9.17, 15) is 22.8 Å². The van der Waals surface area contributed by atoms with Gasteiger partial charge < -0.3 is 10.6 Å². The van der Waals surface area contributed by atoms with Gasteiger partial charge in [-0.15, -0.1) is 11.3 Å². The number of nitrogens with zero attached hydrogens (tertiary/aromatic N) is 1. The van der Waals surface area contributed by atoms with Gasteiger partial charge in [0.2, 0.25) is 0 Å². The average molecular weight is 573 g/mol. The zero-order chi connectivity index (χ0) is 28.2. The lowest BCUT2D eigenvalue weighted by Gasteiger charge is -2.24. The van der Waals surface area contributed by atoms with Crippen molar-refractivity contribution in [2.24, 2.45) is 0 Å². The molecule has 1 heterocycles. The fourth-order valence-corrected chi connectivity index (χ4v) is 4.94. The van der Waals surface area contributed by atoms with Crippen LogP contribution in [-0.4, -0.2) is 22.5 Å². The molecule has 3 aromatic carbocycles. The number of nitrogens with one attached hydrogen (secondary N) is 3. The second-order valence-corrected chi connectivity index (χ2v) is 10.7. The van der Waals surface area contributed by atoms with E-state index in [0.717, 1.165) is 33.8 Å². The minimum absolute atomic E-state index is 0.126. The van der Waals surface area contributed by atoms with Gasteiger partial charge in [0.25, 0.3) is 5.91 Å². The van der Waals surface area contributed by atoms with E-state index in [-0.39, 0.29) is 5.69 Å². The number of benzene rings is 3. The van der Waals surface area contributed by atoms with E-state index in [2.05, 4.69) is 20.9 Å². The molecule has 39 heavy (non-hydrogen) atoms. The minimum atomic E-state index is -4.68. The van der Waals surface area contributed by atoms with Crippen LogP contribution < -0.4 is 16.0 Å². The average Bonchev–Trinajstić information content (AvgIpc) is 3.27. The maximum atomic E-state index is 13.1. The number of halogens is 4. The topological polar surface area (TPSA) is 83.1 Å². The van der Waals surface area contributed by atoms with Crippen LogP contribution in [0.4, 0.5) is 28.8 Å². The Morgan fingerprint density at radius 3 is 2.21 bits per heavy atom. The van der Waals surface area contributed by atoms with E-state index < -0.39 is 34.2 Å². The first kappa shape index (κ1) is 28.1. The monoisotopic (exact) mass is 572 g/mol. The summed E-state index contributed by atoms with van der Waals surface area (Å²) in [7, 11) is 0. The molecule has 11 heteroatoms. The number of aromatic nitrogens is 1. The van der Waals surface area contributed by atoms with E-state index in [4.69, 9.17) is 11.6 Å². The molecule has 0 aliphatic carbocycles. The SMILES string of the molecule is CC(C)(NC(=O)Nc1ccc(Cl)c(C(F)(F)F)c1)C(=O)Nc1nc(-c2ccccc2)c(Cc2ccccc2)s1. The van der Waals surface area contributed by atoms with Crippen molar-refractivity contribution >= 4 is 45.7 Å². The highest BCUT2D eigenvalue weighted by atomic mass is 35.5. The van der Waals surface area contributed by atoms with Crippen LogP contribution in [0.25, 0.3) is 11.3 Å². The Hall–Kier alpha value is -3.89. The summed E-state index contributed by atoms with van der Waals surface area (Å²) in [4.78, 5) is 31.3. The van der Waals surface area contributed by atoms with E-state index in [1.165, 1.54) is 31.3 Å². The van der Waals surface area contributed by atoms with Gasteiger partial charge in [-0.2, -0.15) is 13.2 Å². The van der Waals surface area contributed by atoms with Crippen LogP contribution in [0.15, 0.2) is 78.9 Å². The van der Waals surface area contributed by atoms with Crippen LogP contribution in [0.3, 0.4) is 0 Å². The zero-order valence-electron chi connectivity index (χ0n) is 20.9. The highest BCUT2D eigenvalue weighted by Gasteiger charge is 2.34. The first-order chi connectivity index (χ1) is 18.4. The molecule has 0 unspecified atom stereocenters. The third-order valence-electron chi connectivity index (χ3n) is 5.70. The molecule has 4 aromatic rings. The quantitative estimate of drug-likeness (QED) is 0.213. The highest BCUT2D eigenvalue weighted by molar-refractivity contribution is 7.16. The van der Waals surface area contributed by atoms with E-state index in [0.29, 0.717) is 11.6 Å². The van der Waals surface area contributed by atoms with Crippen molar-refractivity contribution in [2.75, 3.05) is 10.6 Å². The lowest BCUT2D eigenvalue weighted by atomic mass is 10.1. The summed E-state index contributed by atoms with van der Waals surface area (Å²) in [6.07, 6.45) is -4.07. The maximum absolute atomic E-state index is 13.1. The number of hydrogen-bond donors (Lipinski definition) is 3. The predicted molar refractivity (Wildman–Crippen MR) is 148 cm³/mol. The van der Waals surface area contributed by atoms with Gasteiger partial charge in [-0.3, -0.25) is 10.1 Å². The van der Waals surface area contributed by atoms with Gasteiger partial charge in [-0.1, -0.05) is 72.3 Å². The first-order valence-corrected chi connectivity index (χ1v) is 13.0. The van der Waals surface area contributed by atoms with Crippen molar-refractivity contribution in [3.05, 3.63) is 99.9 Å². The number of anilines is 2. The van der Waals surface area contributed by atoms with Crippen LogP contribution in [-0.2, 0) is 17.4 Å². The van der Waals surface area contributed by atoms with Gasteiger partial charge in [-0.05, 0) is 37.6 Å². The number of alkyl halides is 3. The molecule has 4 rings (SSSR count). The number of carbonyl (C=O) groups excluding carboxylic acids is 2. The second kappa shape index (κ2) is 11.5. The Morgan fingerprint density at radius 1 is 0.923 bits per heavy atom. The molecule has 0 radical (unpaired) electrons.